The lowest BCUT2D eigenvalue weighted by molar-refractivity contribution is 0.253. The number of hydrogen-bond donors (Lipinski definition) is 0. The van der Waals surface area contributed by atoms with Gasteiger partial charge in [0.15, 0.2) is 0 Å². The van der Waals surface area contributed by atoms with E-state index in [2.05, 4.69) is 0 Å². The number of benzene rings is 3. The van der Waals surface area contributed by atoms with Crippen molar-refractivity contribution in [1.29, 1.82) is 0 Å². The van der Waals surface area contributed by atoms with E-state index in [4.69, 9.17) is 0 Å². The molecule has 0 atom stereocenters. The van der Waals surface area contributed by atoms with E-state index in [-0.39, 0.29) is 22.8 Å². The fraction of sp³-hybridized carbons (Fsp3) is 0.0952. The highest BCUT2D eigenvalue weighted by Crippen LogP contribution is 2.38. The fourth-order valence-corrected chi connectivity index (χ4v) is 4.78. The van der Waals surface area contributed by atoms with Gasteiger partial charge in [-0.2, -0.15) is 4.31 Å². The Morgan fingerprint density at radius 1 is 0.931 bits per heavy atom. The van der Waals surface area contributed by atoms with Crippen LogP contribution in [-0.2, 0) is 16.6 Å². The predicted molar refractivity (Wildman–Crippen MR) is 105 cm³/mol. The van der Waals surface area contributed by atoms with Crippen molar-refractivity contribution in [3.05, 3.63) is 89.5 Å². The molecule has 1 aliphatic rings. The van der Waals surface area contributed by atoms with Gasteiger partial charge in [0.2, 0.25) is 0 Å². The summed E-state index contributed by atoms with van der Waals surface area (Å²) < 4.78 is 54.3. The van der Waals surface area contributed by atoms with Gasteiger partial charge in [-0.15, -0.1) is 0 Å². The molecule has 29 heavy (non-hydrogen) atoms. The largest absolute Gasteiger partial charge is 0.343 e. The summed E-state index contributed by atoms with van der Waals surface area (Å²) in [6, 6.07) is 14.7. The highest BCUT2D eigenvalue weighted by Gasteiger charge is 2.42. The molecule has 0 N–H and O–H groups in total. The average Bonchev–Trinajstić information content (AvgIpc) is 2.69. The van der Waals surface area contributed by atoms with Crippen molar-refractivity contribution in [2.24, 2.45) is 0 Å². The number of para-hydroxylation sites is 1. The summed E-state index contributed by atoms with van der Waals surface area (Å²) in [5, 5.41) is 0. The van der Waals surface area contributed by atoms with Crippen molar-refractivity contribution in [2.45, 2.75) is 18.4 Å². The number of carbonyl (C=O) groups is 1. The third kappa shape index (κ3) is 3.25. The lowest BCUT2D eigenvalue weighted by Gasteiger charge is -2.36. The van der Waals surface area contributed by atoms with Crippen molar-refractivity contribution in [2.75, 3.05) is 9.21 Å². The van der Waals surface area contributed by atoms with Gasteiger partial charge in [0.1, 0.15) is 16.5 Å². The molecule has 0 spiro atoms. The molecule has 0 saturated heterocycles. The molecule has 148 valence electrons. The molecule has 0 radical (unpaired) electrons. The minimum atomic E-state index is -4.23. The van der Waals surface area contributed by atoms with Crippen molar-refractivity contribution < 1.29 is 22.0 Å². The summed E-state index contributed by atoms with van der Waals surface area (Å²) in [6.45, 7) is 1.57. The molecule has 2 amide bonds. The molecular formula is C21H16F2N2O3S. The number of halogens is 2. The number of sulfonamides is 1. The van der Waals surface area contributed by atoms with Crippen LogP contribution in [0.2, 0.25) is 0 Å². The third-order valence-corrected chi connectivity index (χ3v) is 6.47. The summed E-state index contributed by atoms with van der Waals surface area (Å²) in [6.07, 6.45) is 0. The number of anilines is 2. The van der Waals surface area contributed by atoms with Gasteiger partial charge < -0.3 is 0 Å². The molecule has 0 saturated carbocycles. The Morgan fingerprint density at radius 2 is 1.62 bits per heavy atom. The fourth-order valence-electron chi connectivity index (χ4n) is 3.19. The number of fused-ring (bicyclic) bond motifs is 1. The van der Waals surface area contributed by atoms with Crippen LogP contribution in [0.5, 0.6) is 0 Å². The van der Waals surface area contributed by atoms with Gasteiger partial charge in [-0.3, -0.25) is 4.90 Å². The highest BCUT2D eigenvalue weighted by atomic mass is 32.2. The molecule has 1 aliphatic heterocycles. The van der Waals surface area contributed by atoms with Crippen LogP contribution < -0.4 is 9.21 Å². The second kappa shape index (κ2) is 6.97. The summed E-state index contributed by atoms with van der Waals surface area (Å²) >= 11 is 0. The van der Waals surface area contributed by atoms with Crippen LogP contribution in [0.25, 0.3) is 0 Å². The molecule has 0 bridgehead atoms. The molecular weight excluding hydrogens is 398 g/mol. The van der Waals surface area contributed by atoms with E-state index in [1.807, 2.05) is 0 Å². The molecule has 1 heterocycles. The Morgan fingerprint density at radius 3 is 2.31 bits per heavy atom. The maximum atomic E-state index is 14.1. The van der Waals surface area contributed by atoms with E-state index in [0.717, 1.165) is 6.07 Å². The molecule has 0 aromatic heterocycles. The zero-order valence-corrected chi connectivity index (χ0v) is 16.2. The summed E-state index contributed by atoms with van der Waals surface area (Å²) in [5.74, 6) is -1.03. The molecule has 3 aromatic carbocycles. The zero-order valence-electron chi connectivity index (χ0n) is 15.3. The highest BCUT2D eigenvalue weighted by molar-refractivity contribution is 7.94. The van der Waals surface area contributed by atoms with Crippen LogP contribution in [0, 0.1) is 18.6 Å². The van der Waals surface area contributed by atoms with Crippen LogP contribution in [0.3, 0.4) is 0 Å². The Labute approximate surface area is 166 Å². The Balaban J connectivity index is 1.86. The molecule has 3 aromatic rings. The van der Waals surface area contributed by atoms with Crippen LogP contribution in [-0.4, -0.2) is 14.4 Å². The Hall–Kier alpha value is -3.26. The molecule has 4 rings (SSSR count). The van der Waals surface area contributed by atoms with Crippen LogP contribution in [0.15, 0.2) is 71.6 Å². The van der Waals surface area contributed by atoms with Crippen LogP contribution in [0.1, 0.15) is 11.1 Å². The predicted octanol–water partition coefficient (Wildman–Crippen LogP) is 4.61. The molecule has 8 heteroatoms. The van der Waals surface area contributed by atoms with E-state index in [9.17, 15) is 22.0 Å². The normalized spacial score (nSPS) is 15.3. The first kappa shape index (κ1) is 19.1. The van der Waals surface area contributed by atoms with Gasteiger partial charge in [0.05, 0.1) is 17.9 Å². The van der Waals surface area contributed by atoms with Crippen molar-refractivity contribution in [3.8, 4) is 0 Å². The van der Waals surface area contributed by atoms with Gasteiger partial charge in [0, 0.05) is 0 Å². The number of hydrogen-bond acceptors (Lipinski definition) is 3. The SMILES string of the molecule is Cc1ccc(N2C(=O)N(Cc3ccc(F)cc3)c3ccccc3S2(=O)=O)cc1F. The lowest BCUT2D eigenvalue weighted by atomic mass is 10.2. The van der Waals surface area contributed by atoms with Gasteiger partial charge >= 0.3 is 6.03 Å². The first-order valence-corrected chi connectivity index (χ1v) is 10.2. The number of aryl methyl sites for hydroxylation is 1. The lowest BCUT2D eigenvalue weighted by Crippen LogP contribution is -2.50. The maximum absolute atomic E-state index is 14.1. The Kier molecular flexibility index (Phi) is 4.58. The average molecular weight is 414 g/mol. The van der Waals surface area contributed by atoms with E-state index in [1.54, 1.807) is 19.1 Å². The van der Waals surface area contributed by atoms with E-state index in [1.165, 1.54) is 53.4 Å². The first-order chi connectivity index (χ1) is 13.8. The second-order valence-corrected chi connectivity index (χ2v) is 8.42. The number of rotatable bonds is 3. The van der Waals surface area contributed by atoms with Gasteiger partial charge in [-0.1, -0.05) is 30.3 Å². The maximum Gasteiger partial charge on any atom is 0.343 e. The number of urea groups is 1. The number of amides is 2. The summed E-state index contributed by atoms with van der Waals surface area (Å²) in [7, 11) is -4.23. The van der Waals surface area contributed by atoms with Crippen LogP contribution >= 0.6 is 0 Å². The molecule has 5 nitrogen and oxygen atoms in total. The molecule has 0 unspecified atom stereocenters. The molecule has 0 aliphatic carbocycles. The minimum Gasteiger partial charge on any atom is -0.287 e. The second-order valence-electron chi connectivity index (χ2n) is 6.67. The number of nitrogens with zero attached hydrogens (tertiary/aromatic N) is 2. The topological polar surface area (TPSA) is 57.7 Å². The summed E-state index contributed by atoms with van der Waals surface area (Å²) in [5.41, 5.74) is 1.07. The van der Waals surface area contributed by atoms with Gasteiger partial charge in [-0.25, -0.2) is 22.0 Å². The van der Waals surface area contributed by atoms with Crippen molar-refractivity contribution in [1.82, 2.24) is 0 Å². The van der Waals surface area contributed by atoms with E-state index >= 15 is 0 Å². The Bertz CT molecular complexity index is 1210. The minimum absolute atomic E-state index is 0.0243. The number of carbonyl (C=O) groups excluding carboxylic acids is 1. The monoisotopic (exact) mass is 414 g/mol. The van der Waals surface area contributed by atoms with Crippen molar-refractivity contribution >= 4 is 27.4 Å². The van der Waals surface area contributed by atoms with Crippen molar-refractivity contribution in [3.63, 3.8) is 0 Å². The summed E-state index contributed by atoms with van der Waals surface area (Å²) in [4.78, 5) is 14.5. The standard InChI is InChI=1S/C21H16F2N2O3S/c1-14-6-11-17(12-18(14)23)25-21(26)24(13-15-7-9-16(22)10-8-15)19-4-2-3-5-20(19)29(25,27)28/h2-12H,13H2,1H3. The molecule has 0 fully saturated rings. The first-order valence-electron chi connectivity index (χ1n) is 8.75. The van der Waals surface area contributed by atoms with E-state index in [0.29, 0.717) is 15.4 Å². The smallest absolute Gasteiger partial charge is 0.287 e. The quantitative estimate of drug-likeness (QED) is 0.629. The third-order valence-electron chi connectivity index (χ3n) is 4.72. The van der Waals surface area contributed by atoms with E-state index < -0.39 is 27.7 Å². The van der Waals surface area contributed by atoms with Gasteiger partial charge in [0.25, 0.3) is 10.0 Å². The zero-order chi connectivity index (χ0) is 20.8. The van der Waals surface area contributed by atoms with Crippen LogP contribution in [0.4, 0.5) is 25.0 Å². The van der Waals surface area contributed by atoms with Gasteiger partial charge in [-0.05, 0) is 54.4 Å².